The summed E-state index contributed by atoms with van der Waals surface area (Å²) in [6.07, 6.45) is -5.65. The van der Waals surface area contributed by atoms with Gasteiger partial charge in [-0.2, -0.15) is 13.2 Å². The molecule has 2 fully saturated rings. The predicted molar refractivity (Wildman–Crippen MR) is 67.2 cm³/mol. The molecule has 120 valence electrons. The minimum atomic E-state index is -4.37. The molecule has 5 nitrogen and oxygen atoms in total. The number of hydrogen-bond donors (Lipinski definition) is 2. The molecule has 2 amide bonds. The lowest BCUT2D eigenvalue weighted by molar-refractivity contribution is -0.160. The molecule has 2 aliphatic heterocycles. The van der Waals surface area contributed by atoms with Gasteiger partial charge in [-0.3, -0.25) is 9.59 Å². The van der Waals surface area contributed by atoms with Crippen LogP contribution < -0.4 is 5.32 Å². The van der Waals surface area contributed by atoms with Crippen LogP contribution in [0.5, 0.6) is 0 Å². The van der Waals surface area contributed by atoms with E-state index in [9.17, 15) is 27.9 Å². The molecule has 1 spiro atoms. The van der Waals surface area contributed by atoms with Gasteiger partial charge in [-0.15, -0.1) is 0 Å². The second-order valence-electron chi connectivity index (χ2n) is 5.75. The molecule has 0 aromatic carbocycles. The number of alkyl halides is 3. The lowest BCUT2D eigenvalue weighted by Gasteiger charge is -2.46. The highest BCUT2D eigenvalue weighted by atomic mass is 19.4. The van der Waals surface area contributed by atoms with Gasteiger partial charge < -0.3 is 15.3 Å². The maximum absolute atomic E-state index is 12.2. The maximum Gasteiger partial charge on any atom is 0.389 e. The average molecular weight is 308 g/mol. The van der Waals surface area contributed by atoms with Gasteiger partial charge in [0.15, 0.2) is 0 Å². The summed E-state index contributed by atoms with van der Waals surface area (Å²) < 4.78 is 36.5. The van der Waals surface area contributed by atoms with E-state index in [1.54, 1.807) is 0 Å². The van der Waals surface area contributed by atoms with Crippen molar-refractivity contribution in [2.45, 2.75) is 44.4 Å². The Balaban J connectivity index is 2.03. The number of hydrogen-bond acceptors (Lipinski definition) is 3. The fraction of sp³-hybridized carbons (Fsp3) is 0.846. The van der Waals surface area contributed by atoms with Crippen LogP contribution in [-0.4, -0.2) is 53.7 Å². The zero-order valence-electron chi connectivity index (χ0n) is 11.6. The lowest BCUT2D eigenvalue weighted by Crippen LogP contribution is -2.62. The maximum atomic E-state index is 12.2. The van der Waals surface area contributed by atoms with Crippen molar-refractivity contribution in [2.24, 2.45) is 5.41 Å². The number of rotatable bonds is 2. The Labute approximate surface area is 120 Å². The number of carbonyl (C=O) groups excluding carboxylic acids is 2. The van der Waals surface area contributed by atoms with Crippen LogP contribution >= 0.6 is 0 Å². The third-order valence-corrected chi connectivity index (χ3v) is 4.30. The summed E-state index contributed by atoms with van der Waals surface area (Å²) >= 11 is 0. The van der Waals surface area contributed by atoms with E-state index in [0.717, 1.165) is 0 Å². The number of halogens is 3. The van der Waals surface area contributed by atoms with Crippen molar-refractivity contribution < 1.29 is 27.9 Å². The van der Waals surface area contributed by atoms with Gasteiger partial charge in [-0.05, 0) is 19.3 Å². The minimum Gasteiger partial charge on any atom is -0.392 e. The lowest BCUT2D eigenvalue weighted by atomic mass is 9.71. The Morgan fingerprint density at radius 1 is 1.48 bits per heavy atom. The first-order valence-electron chi connectivity index (χ1n) is 7.05. The van der Waals surface area contributed by atoms with Crippen LogP contribution in [-0.2, 0) is 9.59 Å². The monoisotopic (exact) mass is 308 g/mol. The molecule has 8 heteroatoms. The fourth-order valence-corrected chi connectivity index (χ4v) is 3.06. The highest BCUT2D eigenvalue weighted by Crippen LogP contribution is 2.37. The van der Waals surface area contributed by atoms with E-state index in [-0.39, 0.29) is 25.4 Å². The predicted octanol–water partition coefficient (Wildman–Crippen LogP) is 0.819. The van der Waals surface area contributed by atoms with Gasteiger partial charge in [0.05, 0.1) is 17.9 Å². The zero-order chi connectivity index (χ0) is 15.7. The highest BCUT2D eigenvalue weighted by molar-refractivity contribution is 5.86. The minimum absolute atomic E-state index is 0.00328. The van der Waals surface area contributed by atoms with Crippen molar-refractivity contribution in [3.8, 4) is 0 Å². The Morgan fingerprint density at radius 3 is 2.81 bits per heavy atom. The smallest absolute Gasteiger partial charge is 0.389 e. The molecule has 0 unspecified atom stereocenters. The zero-order valence-corrected chi connectivity index (χ0v) is 11.6. The van der Waals surface area contributed by atoms with E-state index >= 15 is 0 Å². The summed E-state index contributed by atoms with van der Waals surface area (Å²) in [5, 5.41) is 12.8. The van der Waals surface area contributed by atoms with Gasteiger partial charge >= 0.3 is 6.18 Å². The Kier molecular flexibility index (Phi) is 4.46. The molecule has 0 aliphatic carbocycles. The molecule has 2 N–H and O–H groups in total. The number of aliphatic hydroxyl groups is 1. The highest BCUT2D eigenvalue weighted by Gasteiger charge is 2.50. The largest absolute Gasteiger partial charge is 0.392 e. The normalized spacial score (nSPS) is 30.4. The standard InChI is InChI=1S/C13H19F3N2O3/c14-13(15,16)5-2-10(20)18-7-3-9(19)12(8-18)4-1-6-17-11(12)21/h9,19H,1-8H2,(H,17,21)/t9-,12-/m1/s1. The Bertz CT molecular complexity index is 427. The molecule has 0 radical (unpaired) electrons. The van der Waals surface area contributed by atoms with Crippen LogP contribution in [0.1, 0.15) is 32.1 Å². The molecule has 0 aromatic heterocycles. The van der Waals surface area contributed by atoms with Crippen LogP contribution in [0.25, 0.3) is 0 Å². The van der Waals surface area contributed by atoms with Crippen molar-refractivity contribution in [3.63, 3.8) is 0 Å². The first-order chi connectivity index (χ1) is 9.74. The molecular weight excluding hydrogens is 289 g/mol. The van der Waals surface area contributed by atoms with E-state index in [1.165, 1.54) is 4.90 Å². The van der Waals surface area contributed by atoms with Gasteiger partial charge in [0.2, 0.25) is 11.8 Å². The summed E-state index contributed by atoms with van der Waals surface area (Å²) in [6.45, 7) is 0.707. The molecule has 21 heavy (non-hydrogen) atoms. The van der Waals surface area contributed by atoms with Crippen molar-refractivity contribution in [1.29, 1.82) is 0 Å². The van der Waals surface area contributed by atoms with E-state index in [0.29, 0.717) is 19.4 Å². The van der Waals surface area contributed by atoms with Gasteiger partial charge in [-0.25, -0.2) is 0 Å². The number of carbonyl (C=O) groups is 2. The molecule has 2 atom stereocenters. The van der Waals surface area contributed by atoms with Crippen LogP contribution in [0.4, 0.5) is 13.2 Å². The molecule has 2 aliphatic rings. The first-order valence-corrected chi connectivity index (χ1v) is 7.05. The molecule has 0 aromatic rings. The third kappa shape index (κ3) is 3.48. The fourth-order valence-electron chi connectivity index (χ4n) is 3.06. The molecule has 2 heterocycles. The number of nitrogens with zero attached hydrogens (tertiary/aromatic N) is 1. The van der Waals surface area contributed by atoms with Crippen molar-refractivity contribution in [2.75, 3.05) is 19.6 Å². The number of amides is 2. The molecule has 0 saturated carbocycles. The molecule has 2 rings (SSSR count). The molecule has 2 saturated heterocycles. The van der Waals surface area contributed by atoms with Crippen LogP contribution in [0.15, 0.2) is 0 Å². The first kappa shape index (κ1) is 16.1. The van der Waals surface area contributed by atoms with E-state index in [1.807, 2.05) is 0 Å². The van der Waals surface area contributed by atoms with Gasteiger partial charge in [-0.1, -0.05) is 0 Å². The number of likely N-dealkylation sites (tertiary alicyclic amines) is 1. The van der Waals surface area contributed by atoms with E-state index in [2.05, 4.69) is 5.32 Å². The summed E-state index contributed by atoms with van der Waals surface area (Å²) in [5.41, 5.74) is -1.07. The Hall–Kier alpha value is -1.31. The van der Waals surface area contributed by atoms with Crippen LogP contribution in [0, 0.1) is 5.41 Å². The van der Waals surface area contributed by atoms with Crippen molar-refractivity contribution in [3.05, 3.63) is 0 Å². The summed E-state index contributed by atoms with van der Waals surface area (Å²) in [5.74, 6) is -0.924. The summed E-state index contributed by atoms with van der Waals surface area (Å²) in [4.78, 5) is 25.3. The SMILES string of the molecule is O=C(CCC(F)(F)F)N1CC[C@@H](O)[C@@]2(CCCNC2=O)C1. The van der Waals surface area contributed by atoms with Gasteiger partial charge in [0.1, 0.15) is 0 Å². The number of nitrogens with one attached hydrogen (secondary N) is 1. The second kappa shape index (κ2) is 5.82. The summed E-state index contributed by atoms with van der Waals surface area (Å²) in [6, 6.07) is 0. The van der Waals surface area contributed by atoms with Gasteiger partial charge in [0, 0.05) is 26.1 Å². The second-order valence-corrected chi connectivity index (χ2v) is 5.75. The van der Waals surface area contributed by atoms with E-state index in [4.69, 9.17) is 0 Å². The topological polar surface area (TPSA) is 69.6 Å². The number of aliphatic hydroxyl groups excluding tert-OH is 1. The quantitative estimate of drug-likeness (QED) is 0.793. The van der Waals surface area contributed by atoms with Gasteiger partial charge in [0.25, 0.3) is 0 Å². The summed E-state index contributed by atoms with van der Waals surface area (Å²) in [7, 11) is 0. The number of piperidine rings is 2. The molecule has 0 bridgehead atoms. The Morgan fingerprint density at radius 2 is 2.19 bits per heavy atom. The average Bonchev–Trinajstić information content (AvgIpc) is 2.41. The third-order valence-electron chi connectivity index (χ3n) is 4.30. The van der Waals surface area contributed by atoms with Crippen LogP contribution in [0.3, 0.4) is 0 Å². The van der Waals surface area contributed by atoms with E-state index < -0.39 is 36.4 Å². The van der Waals surface area contributed by atoms with Crippen molar-refractivity contribution >= 4 is 11.8 Å². The van der Waals surface area contributed by atoms with Crippen LogP contribution in [0.2, 0.25) is 0 Å². The molecular formula is C13H19F3N2O3. The van der Waals surface area contributed by atoms with Crippen molar-refractivity contribution in [1.82, 2.24) is 10.2 Å².